The minimum atomic E-state index is 0.0402. The third kappa shape index (κ3) is 3.07. The summed E-state index contributed by atoms with van der Waals surface area (Å²) in [5.41, 5.74) is 2.27. The molecule has 0 saturated carbocycles. The monoisotopic (exact) mass is 273 g/mol. The maximum Gasteiger partial charge on any atom is 0.248 e. The van der Waals surface area contributed by atoms with Gasteiger partial charge in [-0.15, -0.1) is 10.2 Å². The fourth-order valence-corrected chi connectivity index (χ4v) is 2.24. The lowest BCUT2D eigenvalue weighted by molar-refractivity contribution is 0.428. The number of nitrogens with one attached hydrogen (secondary N) is 1. The molecule has 2 rings (SSSR count). The Morgan fingerprint density at radius 2 is 1.90 bits per heavy atom. The molecule has 4 heteroatoms. The fraction of sp³-hybridized carbons (Fsp3) is 0.500. The fourth-order valence-electron chi connectivity index (χ4n) is 2.24. The largest absolute Gasteiger partial charge is 0.419 e. The quantitative estimate of drug-likeness (QED) is 0.922. The van der Waals surface area contributed by atoms with Gasteiger partial charge in [-0.1, -0.05) is 45.9 Å². The molecule has 0 bridgehead atoms. The minimum absolute atomic E-state index is 0.0402. The average Bonchev–Trinajstić information content (AvgIpc) is 2.87. The van der Waals surface area contributed by atoms with Crippen LogP contribution in [0.25, 0.3) is 11.5 Å². The molecule has 1 heterocycles. The summed E-state index contributed by atoms with van der Waals surface area (Å²) >= 11 is 0. The maximum atomic E-state index is 5.84. The van der Waals surface area contributed by atoms with Crippen LogP contribution in [0.5, 0.6) is 0 Å². The molecule has 0 fully saturated rings. The zero-order valence-corrected chi connectivity index (χ0v) is 12.9. The van der Waals surface area contributed by atoms with E-state index in [2.05, 4.69) is 49.3 Å². The van der Waals surface area contributed by atoms with E-state index in [-0.39, 0.29) is 11.5 Å². The van der Waals surface area contributed by atoms with Crippen LogP contribution in [-0.2, 0) is 5.41 Å². The third-order valence-electron chi connectivity index (χ3n) is 3.29. The van der Waals surface area contributed by atoms with Crippen molar-refractivity contribution in [3.05, 3.63) is 35.7 Å². The molecule has 0 radical (unpaired) electrons. The van der Waals surface area contributed by atoms with Crippen LogP contribution in [0.1, 0.15) is 52.1 Å². The highest BCUT2D eigenvalue weighted by atomic mass is 16.4. The maximum absolute atomic E-state index is 5.84. The van der Waals surface area contributed by atoms with Gasteiger partial charge in [0.05, 0.1) is 6.04 Å². The molecule has 108 valence electrons. The van der Waals surface area contributed by atoms with Crippen LogP contribution in [0.4, 0.5) is 0 Å². The van der Waals surface area contributed by atoms with Crippen molar-refractivity contribution in [1.82, 2.24) is 15.5 Å². The van der Waals surface area contributed by atoms with Gasteiger partial charge >= 0.3 is 0 Å². The van der Waals surface area contributed by atoms with Crippen LogP contribution in [0.2, 0.25) is 0 Å². The summed E-state index contributed by atoms with van der Waals surface area (Å²) in [6.45, 7) is 11.5. The predicted molar refractivity (Wildman–Crippen MR) is 80.5 cm³/mol. The summed E-state index contributed by atoms with van der Waals surface area (Å²) in [5, 5.41) is 11.6. The van der Waals surface area contributed by atoms with Crippen molar-refractivity contribution >= 4 is 0 Å². The van der Waals surface area contributed by atoms with Crippen molar-refractivity contribution in [2.75, 3.05) is 6.54 Å². The molecule has 20 heavy (non-hydrogen) atoms. The summed E-state index contributed by atoms with van der Waals surface area (Å²) in [7, 11) is 0. The Morgan fingerprint density at radius 3 is 2.55 bits per heavy atom. The van der Waals surface area contributed by atoms with Crippen molar-refractivity contribution in [2.24, 2.45) is 0 Å². The van der Waals surface area contributed by atoms with Crippen molar-refractivity contribution in [2.45, 2.75) is 46.1 Å². The molecule has 1 aromatic carbocycles. The first-order chi connectivity index (χ1) is 9.43. The highest BCUT2D eigenvalue weighted by Gasteiger charge is 2.22. The second kappa shape index (κ2) is 5.75. The number of hydrogen-bond donors (Lipinski definition) is 1. The molecule has 0 spiro atoms. The molecule has 0 aliphatic rings. The van der Waals surface area contributed by atoms with Crippen LogP contribution < -0.4 is 5.32 Å². The topological polar surface area (TPSA) is 51.0 Å². The molecule has 0 saturated heterocycles. The lowest BCUT2D eigenvalue weighted by Gasteiger charge is -2.21. The van der Waals surface area contributed by atoms with Crippen molar-refractivity contribution in [1.29, 1.82) is 0 Å². The van der Waals surface area contributed by atoms with Gasteiger partial charge in [0.25, 0.3) is 0 Å². The zero-order valence-electron chi connectivity index (χ0n) is 12.9. The summed E-state index contributed by atoms with van der Waals surface area (Å²) in [4.78, 5) is 0. The lowest BCUT2D eigenvalue weighted by Crippen LogP contribution is -2.17. The summed E-state index contributed by atoms with van der Waals surface area (Å²) in [6, 6.07) is 8.27. The lowest BCUT2D eigenvalue weighted by atomic mass is 9.84. The zero-order chi connectivity index (χ0) is 14.8. The Hall–Kier alpha value is -1.68. The van der Waals surface area contributed by atoms with Crippen molar-refractivity contribution in [3.8, 4) is 11.5 Å². The highest BCUT2D eigenvalue weighted by molar-refractivity contribution is 5.60. The van der Waals surface area contributed by atoms with Gasteiger partial charge in [0.15, 0.2) is 0 Å². The molecular formula is C16H23N3O. The molecule has 0 aliphatic carbocycles. The summed E-state index contributed by atoms with van der Waals surface area (Å²) in [6.07, 6.45) is 0. The first-order valence-electron chi connectivity index (χ1n) is 7.10. The normalized spacial score (nSPS) is 13.4. The molecule has 1 aromatic heterocycles. The van der Waals surface area contributed by atoms with E-state index < -0.39 is 0 Å². The van der Waals surface area contributed by atoms with Crippen LogP contribution in [0.3, 0.4) is 0 Å². The van der Waals surface area contributed by atoms with Gasteiger partial charge < -0.3 is 9.73 Å². The standard InChI is InChI=1S/C16H23N3O/c1-6-17-11(2)14-18-19-15(20-14)12-9-7-8-10-13(12)16(3,4)5/h7-11,17H,6H2,1-5H3. The van der Waals surface area contributed by atoms with Crippen molar-refractivity contribution in [3.63, 3.8) is 0 Å². The van der Waals surface area contributed by atoms with E-state index in [1.807, 2.05) is 25.1 Å². The van der Waals surface area contributed by atoms with Crippen LogP contribution >= 0.6 is 0 Å². The molecule has 1 N–H and O–H groups in total. The molecule has 0 aliphatic heterocycles. The molecular weight excluding hydrogens is 250 g/mol. The van der Waals surface area contributed by atoms with Crippen LogP contribution in [0.15, 0.2) is 28.7 Å². The molecule has 1 unspecified atom stereocenters. The predicted octanol–water partition coefficient (Wildman–Crippen LogP) is 3.70. The SMILES string of the molecule is CCNC(C)c1nnc(-c2ccccc2C(C)(C)C)o1. The van der Waals surface area contributed by atoms with E-state index in [1.165, 1.54) is 5.56 Å². The second-order valence-electron chi connectivity index (χ2n) is 6.02. The van der Waals surface area contributed by atoms with Gasteiger partial charge in [0.2, 0.25) is 11.8 Å². The van der Waals surface area contributed by atoms with Gasteiger partial charge in [-0.2, -0.15) is 0 Å². The smallest absolute Gasteiger partial charge is 0.248 e. The van der Waals surface area contributed by atoms with Crippen molar-refractivity contribution < 1.29 is 4.42 Å². The molecule has 4 nitrogen and oxygen atoms in total. The Labute approximate surface area is 120 Å². The van der Waals surface area contributed by atoms with E-state index in [9.17, 15) is 0 Å². The Morgan fingerprint density at radius 1 is 1.20 bits per heavy atom. The first kappa shape index (κ1) is 14.7. The molecule has 0 amide bonds. The average molecular weight is 273 g/mol. The van der Waals surface area contributed by atoms with E-state index in [0.29, 0.717) is 11.8 Å². The van der Waals surface area contributed by atoms with Crippen LogP contribution in [0, 0.1) is 0 Å². The minimum Gasteiger partial charge on any atom is -0.419 e. The molecule has 2 aromatic rings. The Bertz CT molecular complexity index is 569. The third-order valence-corrected chi connectivity index (χ3v) is 3.29. The van der Waals surface area contributed by atoms with Gasteiger partial charge in [0, 0.05) is 5.56 Å². The molecule has 1 atom stereocenters. The van der Waals surface area contributed by atoms with E-state index in [1.54, 1.807) is 0 Å². The second-order valence-corrected chi connectivity index (χ2v) is 6.02. The number of aromatic nitrogens is 2. The van der Waals surface area contributed by atoms with E-state index in [0.717, 1.165) is 12.1 Å². The van der Waals surface area contributed by atoms with Gasteiger partial charge in [-0.25, -0.2) is 0 Å². The number of rotatable bonds is 4. The highest BCUT2D eigenvalue weighted by Crippen LogP contribution is 2.32. The Balaban J connectivity index is 2.38. The summed E-state index contributed by atoms with van der Waals surface area (Å²) < 4.78 is 5.84. The van der Waals surface area contributed by atoms with E-state index >= 15 is 0 Å². The van der Waals surface area contributed by atoms with Gasteiger partial charge in [-0.3, -0.25) is 0 Å². The van der Waals surface area contributed by atoms with Gasteiger partial charge in [-0.05, 0) is 30.5 Å². The van der Waals surface area contributed by atoms with Gasteiger partial charge in [0.1, 0.15) is 0 Å². The Kier molecular flexibility index (Phi) is 4.23. The number of nitrogens with zero attached hydrogens (tertiary/aromatic N) is 2. The number of hydrogen-bond acceptors (Lipinski definition) is 4. The number of benzene rings is 1. The van der Waals surface area contributed by atoms with E-state index in [4.69, 9.17) is 4.42 Å². The summed E-state index contributed by atoms with van der Waals surface area (Å²) in [5.74, 6) is 1.22. The van der Waals surface area contributed by atoms with Crippen LogP contribution in [-0.4, -0.2) is 16.7 Å². The first-order valence-corrected chi connectivity index (χ1v) is 7.10.